The molecule has 0 bridgehead atoms. The predicted octanol–water partition coefficient (Wildman–Crippen LogP) is 2.89. The summed E-state index contributed by atoms with van der Waals surface area (Å²) in [5.74, 6) is -2.00. The molecule has 2 aromatic rings. The number of rotatable bonds is 7. The summed E-state index contributed by atoms with van der Waals surface area (Å²) < 4.78 is 1.77. The minimum atomic E-state index is -0.905. The second-order valence-electron chi connectivity index (χ2n) is 6.87. The SMILES string of the molecule is Cc1nn(C)c(C)c1[C@@H](C)C(=O)N(Cc1ccccc1)C[C@@H](C)C(=O)O. The molecule has 0 radical (unpaired) electrons. The number of carboxylic acids is 1. The Morgan fingerprint density at radius 2 is 1.81 bits per heavy atom. The molecule has 1 N–H and O–H groups in total. The molecule has 0 aliphatic carbocycles. The lowest BCUT2D eigenvalue weighted by atomic mass is 9.96. The van der Waals surface area contributed by atoms with E-state index in [1.165, 1.54) is 0 Å². The minimum absolute atomic E-state index is 0.0823. The molecule has 0 spiro atoms. The fraction of sp³-hybridized carbons (Fsp3) is 0.450. The van der Waals surface area contributed by atoms with E-state index in [-0.39, 0.29) is 18.4 Å². The van der Waals surface area contributed by atoms with Crippen molar-refractivity contribution in [3.05, 3.63) is 52.8 Å². The standard InChI is InChI=1S/C20H27N3O3/c1-13(20(25)26)11-23(12-17-9-7-6-8-10-17)19(24)14(2)18-15(3)21-22(5)16(18)4/h6-10,13-14H,11-12H2,1-5H3,(H,25,26)/t13-,14-/m1/s1. The summed E-state index contributed by atoms with van der Waals surface area (Å²) in [5.41, 5.74) is 3.68. The van der Waals surface area contributed by atoms with Crippen molar-refractivity contribution in [2.24, 2.45) is 13.0 Å². The van der Waals surface area contributed by atoms with E-state index in [0.717, 1.165) is 22.5 Å². The number of aromatic nitrogens is 2. The van der Waals surface area contributed by atoms with Gasteiger partial charge in [0.15, 0.2) is 0 Å². The number of carboxylic acid groups (broad SMARTS) is 1. The number of carbonyl (C=O) groups excluding carboxylic acids is 1. The molecule has 2 atom stereocenters. The van der Waals surface area contributed by atoms with Gasteiger partial charge in [-0.1, -0.05) is 37.3 Å². The molecular formula is C20H27N3O3. The van der Waals surface area contributed by atoms with Gasteiger partial charge in [0, 0.05) is 31.4 Å². The van der Waals surface area contributed by atoms with Gasteiger partial charge in [0.25, 0.3) is 0 Å². The van der Waals surface area contributed by atoms with Crippen molar-refractivity contribution in [2.45, 2.75) is 40.2 Å². The fourth-order valence-electron chi connectivity index (χ4n) is 3.26. The molecule has 0 unspecified atom stereocenters. The van der Waals surface area contributed by atoms with Gasteiger partial charge in [0.05, 0.1) is 17.5 Å². The summed E-state index contributed by atoms with van der Waals surface area (Å²) in [6.07, 6.45) is 0. The van der Waals surface area contributed by atoms with Gasteiger partial charge in [-0.3, -0.25) is 14.3 Å². The predicted molar refractivity (Wildman–Crippen MR) is 99.8 cm³/mol. The first-order valence-electron chi connectivity index (χ1n) is 8.78. The molecule has 140 valence electrons. The quantitative estimate of drug-likeness (QED) is 0.827. The van der Waals surface area contributed by atoms with Crippen LogP contribution in [0.3, 0.4) is 0 Å². The maximum Gasteiger partial charge on any atom is 0.308 e. The van der Waals surface area contributed by atoms with Crippen molar-refractivity contribution in [2.75, 3.05) is 6.54 Å². The Morgan fingerprint density at radius 1 is 1.19 bits per heavy atom. The van der Waals surface area contributed by atoms with Gasteiger partial charge in [-0.2, -0.15) is 5.10 Å². The lowest BCUT2D eigenvalue weighted by Gasteiger charge is -2.28. The molecule has 1 amide bonds. The first-order valence-corrected chi connectivity index (χ1v) is 8.78. The van der Waals surface area contributed by atoms with Crippen LogP contribution in [0.4, 0.5) is 0 Å². The normalized spacial score (nSPS) is 13.3. The third kappa shape index (κ3) is 4.31. The number of benzene rings is 1. The zero-order valence-electron chi connectivity index (χ0n) is 16.1. The first kappa shape index (κ1) is 19.7. The van der Waals surface area contributed by atoms with E-state index in [0.29, 0.717) is 6.54 Å². The van der Waals surface area contributed by atoms with Gasteiger partial charge >= 0.3 is 5.97 Å². The Balaban J connectivity index is 2.30. The Bertz CT molecular complexity index is 783. The molecule has 6 nitrogen and oxygen atoms in total. The number of hydrogen-bond acceptors (Lipinski definition) is 3. The molecule has 0 saturated heterocycles. The van der Waals surface area contributed by atoms with Crippen molar-refractivity contribution in [1.29, 1.82) is 0 Å². The topological polar surface area (TPSA) is 75.4 Å². The van der Waals surface area contributed by atoms with Crippen LogP contribution in [0.15, 0.2) is 30.3 Å². The molecule has 1 heterocycles. The van der Waals surface area contributed by atoms with Crippen LogP contribution in [0.1, 0.15) is 42.3 Å². The highest BCUT2D eigenvalue weighted by atomic mass is 16.4. The average molecular weight is 357 g/mol. The van der Waals surface area contributed by atoms with Crippen LogP contribution in [0.5, 0.6) is 0 Å². The van der Waals surface area contributed by atoms with Crippen LogP contribution in [-0.2, 0) is 23.2 Å². The van der Waals surface area contributed by atoms with Crippen LogP contribution in [-0.4, -0.2) is 38.2 Å². The number of aliphatic carboxylic acids is 1. The molecule has 0 fully saturated rings. The molecule has 26 heavy (non-hydrogen) atoms. The number of carbonyl (C=O) groups is 2. The van der Waals surface area contributed by atoms with E-state index in [1.807, 2.05) is 58.2 Å². The van der Waals surface area contributed by atoms with Gasteiger partial charge < -0.3 is 10.0 Å². The molecule has 0 saturated carbocycles. The van der Waals surface area contributed by atoms with E-state index < -0.39 is 11.9 Å². The highest BCUT2D eigenvalue weighted by Gasteiger charge is 2.29. The van der Waals surface area contributed by atoms with Crippen molar-refractivity contribution < 1.29 is 14.7 Å². The third-order valence-electron chi connectivity index (χ3n) is 4.81. The van der Waals surface area contributed by atoms with E-state index >= 15 is 0 Å². The Kier molecular flexibility index (Phi) is 6.18. The Hall–Kier alpha value is -2.63. The fourth-order valence-corrected chi connectivity index (χ4v) is 3.26. The van der Waals surface area contributed by atoms with Gasteiger partial charge in [-0.15, -0.1) is 0 Å². The monoisotopic (exact) mass is 357 g/mol. The zero-order valence-corrected chi connectivity index (χ0v) is 16.1. The number of hydrogen-bond donors (Lipinski definition) is 1. The summed E-state index contributed by atoms with van der Waals surface area (Å²) >= 11 is 0. The van der Waals surface area contributed by atoms with Gasteiger partial charge in [-0.25, -0.2) is 0 Å². The minimum Gasteiger partial charge on any atom is -0.481 e. The second kappa shape index (κ2) is 8.17. The first-order chi connectivity index (χ1) is 12.2. The highest BCUT2D eigenvalue weighted by molar-refractivity contribution is 5.84. The van der Waals surface area contributed by atoms with Crippen LogP contribution in [0, 0.1) is 19.8 Å². The van der Waals surface area contributed by atoms with Crippen molar-refractivity contribution in [3.63, 3.8) is 0 Å². The van der Waals surface area contributed by atoms with Crippen molar-refractivity contribution in [3.8, 4) is 0 Å². The molecule has 1 aromatic heterocycles. The van der Waals surface area contributed by atoms with Gasteiger partial charge in [0.1, 0.15) is 0 Å². The van der Waals surface area contributed by atoms with E-state index in [1.54, 1.807) is 16.5 Å². The summed E-state index contributed by atoms with van der Waals surface area (Å²) in [6.45, 7) is 7.89. The molecule has 6 heteroatoms. The van der Waals surface area contributed by atoms with Crippen molar-refractivity contribution >= 4 is 11.9 Å². The van der Waals surface area contributed by atoms with Crippen LogP contribution in [0.25, 0.3) is 0 Å². The zero-order chi connectivity index (χ0) is 19.4. The Labute approximate surface area is 154 Å². The van der Waals surface area contributed by atoms with Gasteiger partial charge in [-0.05, 0) is 26.3 Å². The molecule has 1 aromatic carbocycles. The number of nitrogens with zero attached hydrogens (tertiary/aromatic N) is 3. The molecule has 0 aliphatic heterocycles. The van der Waals surface area contributed by atoms with E-state index in [9.17, 15) is 14.7 Å². The van der Waals surface area contributed by atoms with Crippen LogP contribution in [0.2, 0.25) is 0 Å². The number of aryl methyl sites for hydroxylation is 2. The lowest BCUT2D eigenvalue weighted by molar-refractivity contribution is -0.143. The Morgan fingerprint density at radius 3 is 2.31 bits per heavy atom. The van der Waals surface area contributed by atoms with E-state index in [2.05, 4.69) is 5.10 Å². The van der Waals surface area contributed by atoms with Crippen LogP contribution < -0.4 is 0 Å². The van der Waals surface area contributed by atoms with Crippen LogP contribution >= 0.6 is 0 Å². The molecular weight excluding hydrogens is 330 g/mol. The summed E-state index contributed by atoms with van der Waals surface area (Å²) in [6, 6.07) is 9.63. The average Bonchev–Trinajstić information content (AvgIpc) is 2.86. The van der Waals surface area contributed by atoms with E-state index in [4.69, 9.17) is 0 Å². The maximum atomic E-state index is 13.2. The van der Waals surface area contributed by atoms with Gasteiger partial charge in [0.2, 0.25) is 5.91 Å². The molecule has 2 rings (SSSR count). The smallest absolute Gasteiger partial charge is 0.308 e. The lowest BCUT2D eigenvalue weighted by Crippen LogP contribution is -2.39. The number of amides is 1. The molecule has 0 aliphatic rings. The second-order valence-corrected chi connectivity index (χ2v) is 6.87. The largest absolute Gasteiger partial charge is 0.481 e. The summed E-state index contributed by atoms with van der Waals surface area (Å²) in [4.78, 5) is 26.2. The maximum absolute atomic E-state index is 13.2. The summed E-state index contributed by atoms with van der Waals surface area (Å²) in [7, 11) is 1.86. The third-order valence-corrected chi connectivity index (χ3v) is 4.81. The van der Waals surface area contributed by atoms with Crippen molar-refractivity contribution in [1.82, 2.24) is 14.7 Å². The highest BCUT2D eigenvalue weighted by Crippen LogP contribution is 2.26. The summed E-state index contributed by atoms with van der Waals surface area (Å²) in [5, 5.41) is 13.7.